The highest BCUT2D eigenvalue weighted by Crippen LogP contribution is 2.22. The minimum atomic E-state index is 0. The molecule has 0 saturated carbocycles. The number of piperazine rings is 1. The van der Waals surface area contributed by atoms with Crippen LogP contribution in [0.25, 0.3) is 0 Å². The minimum absolute atomic E-state index is 0. The lowest BCUT2D eigenvalue weighted by Crippen LogP contribution is -2.51. The van der Waals surface area contributed by atoms with Crippen molar-refractivity contribution in [1.82, 2.24) is 10.2 Å². The molecule has 1 unspecified atom stereocenters. The number of carbonyl (C=O) groups excluding carboxylic acids is 1. The largest absolute Gasteiger partial charge is 0.340 e. The molecule has 2 rings (SSSR count). The summed E-state index contributed by atoms with van der Waals surface area (Å²) in [6.07, 6.45) is 0.336. The molecule has 1 aliphatic heterocycles. The Morgan fingerprint density at radius 3 is 2.84 bits per heavy atom. The van der Waals surface area contributed by atoms with Crippen molar-refractivity contribution in [3.63, 3.8) is 0 Å². The van der Waals surface area contributed by atoms with E-state index in [0.717, 1.165) is 25.2 Å². The average molecular weight is 324 g/mol. The van der Waals surface area contributed by atoms with Gasteiger partial charge in [0, 0.05) is 35.7 Å². The molecule has 0 bridgehead atoms. The number of hydrogen-bond donors (Lipinski definition) is 1. The van der Waals surface area contributed by atoms with Gasteiger partial charge >= 0.3 is 0 Å². The van der Waals surface area contributed by atoms with Crippen LogP contribution in [-0.4, -0.2) is 36.5 Å². The lowest BCUT2D eigenvalue weighted by atomic mass is 10.1. The van der Waals surface area contributed by atoms with Crippen LogP contribution < -0.4 is 5.32 Å². The number of nitrogens with zero attached hydrogens (tertiary/aromatic N) is 1. The fraction of sp³-hybridized carbons (Fsp3) is 0.462. The minimum Gasteiger partial charge on any atom is -0.340 e. The summed E-state index contributed by atoms with van der Waals surface area (Å²) in [6.45, 7) is 4.44. The van der Waals surface area contributed by atoms with Gasteiger partial charge in [-0.25, -0.2) is 0 Å². The molecular weight excluding hydrogens is 307 g/mol. The highest BCUT2D eigenvalue weighted by atomic mass is 35.5. The van der Waals surface area contributed by atoms with Gasteiger partial charge in [0.25, 0.3) is 0 Å². The number of amides is 1. The van der Waals surface area contributed by atoms with Gasteiger partial charge in [0.05, 0.1) is 6.42 Å². The summed E-state index contributed by atoms with van der Waals surface area (Å²) in [7, 11) is 0. The predicted octanol–water partition coefficient (Wildman–Crippen LogP) is 2.78. The Bertz CT molecular complexity index is 454. The van der Waals surface area contributed by atoms with E-state index < -0.39 is 0 Å². The maximum absolute atomic E-state index is 12.2. The molecule has 106 valence electrons. The summed E-state index contributed by atoms with van der Waals surface area (Å²) in [6, 6.07) is 5.60. The molecule has 0 spiro atoms. The van der Waals surface area contributed by atoms with Crippen molar-refractivity contribution in [1.29, 1.82) is 0 Å². The first-order chi connectivity index (χ1) is 8.56. The number of halogens is 3. The van der Waals surface area contributed by atoms with Gasteiger partial charge in [0.1, 0.15) is 0 Å². The summed E-state index contributed by atoms with van der Waals surface area (Å²) in [5.41, 5.74) is 0.831. The molecule has 1 aromatic rings. The van der Waals surface area contributed by atoms with Crippen LogP contribution in [0.1, 0.15) is 12.5 Å². The van der Waals surface area contributed by atoms with Gasteiger partial charge < -0.3 is 10.2 Å². The second-order valence-corrected chi connectivity index (χ2v) is 5.45. The van der Waals surface area contributed by atoms with Crippen molar-refractivity contribution in [3.05, 3.63) is 33.8 Å². The van der Waals surface area contributed by atoms with Gasteiger partial charge in [-0.1, -0.05) is 29.3 Å². The topological polar surface area (TPSA) is 32.3 Å². The molecule has 0 aliphatic carbocycles. The lowest BCUT2D eigenvalue weighted by molar-refractivity contribution is -0.131. The normalized spacial score (nSPS) is 18.9. The Kier molecular flexibility index (Phi) is 6.40. The first-order valence-electron chi connectivity index (χ1n) is 6.01. The van der Waals surface area contributed by atoms with Crippen LogP contribution in [0.4, 0.5) is 0 Å². The molecule has 19 heavy (non-hydrogen) atoms. The van der Waals surface area contributed by atoms with E-state index in [4.69, 9.17) is 23.2 Å². The molecule has 1 heterocycles. The van der Waals surface area contributed by atoms with Gasteiger partial charge in [-0.15, -0.1) is 12.4 Å². The lowest BCUT2D eigenvalue weighted by Gasteiger charge is -2.32. The SMILES string of the molecule is CC1CN(C(=O)Cc2ccc(Cl)cc2Cl)CCN1.Cl. The monoisotopic (exact) mass is 322 g/mol. The highest BCUT2D eigenvalue weighted by Gasteiger charge is 2.21. The third-order valence-electron chi connectivity index (χ3n) is 3.08. The zero-order valence-corrected chi connectivity index (χ0v) is 13.0. The van der Waals surface area contributed by atoms with Crippen molar-refractivity contribution >= 4 is 41.5 Å². The van der Waals surface area contributed by atoms with Gasteiger partial charge in [-0.3, -0.25) is 4.79 Å². The summed E-state index contributed by atoms with van der Waals surface area (Å²) in [4.78, 5) is 14.0. The predicted molar refractivity (Wildman–Crippen MR) is 81.5 cm³/mol. The molecule has 1 aliphatic rings. The standard InChI is InChI=1S/C13H16Cl2N2O.ClH/c1-9-8-17(5-4-16-9)13(18)6-10-2-3-11(14)7-12(10)15;/h2-3,7,9,16H,4-6,8H2,1H3;1H. The number of nitrogens with one attached hydrogen (secondary N) is 1. The van der Waals surface area contributed by atoms with Gasteiger partial charge in [-0.05, 0) is 24.6 Å². The van der Waals surface area contributed by atoms with Crippen LogP contribution in [0.15, 0.2) is 18.2 Å². The summed E-state index contributed by atoms with van der Waals surface area (Å²) in [5.74, 6) is 0.118. The van der Waals surface area contributed by atoms with Crippen molar-refractivity contribution in [2.24, 2.45) is 0 Å². The van der Waals surface area contributed by atoms with E-state index in [-0.39, 0.29) is 18.3 Å². The van der Waals surface area contributed by atoms with Crippen molar-refractivity contribution < 1.29 is 4.79 Å². The zero-order chi connectivity index (χ0) is 13.1. The van der Waals surface area contributed by atoms with Crippen LogP contribution >= 0.6 is 35.6 Å². The van der Waals surface area contributed by atoms with Crippen LogP contribution in [0.2, 0.25) is 10.0 Å². The van der Waals surface area contributed by atoms with E-state index in [1.54, 1.807) is 12.1 Å². The van der Waals surface area contributed by atoms with Crippen LogP contribution in [0.3, 0.4) is 0 Å². The van der Waals surface area contributed by atoms with E-state index in [1.165, 1.54) is 0 Å². The zero-order valence-electron chi connectivity index (χ0n) is 10.7. The molecule has 1 N–H and O–H groups in total. The fourth-order valence-electron chi connectivity index (χ4n) is 2.10. The molecule has 1 fully saturated rings. The summed E-state index contributed by atoms with van der Waals surface area (Å²) >= 11 is 11.9. The molecule has 1 saturated heterocycles. The number of rotatable bonds is 2. The van der Waals surface area contributed by atoms with Crippen LogP contribution in [0.5, 0.6) is 0 Å². The number of benzene rings is 1. The quantitative estimate of drug-likeness (QED) is 0.907. The molecular formula is C13H17Cl3N2O. The van der Waals surface area contributed by atoms with Crippen molar-refractivity contribution in [2.75, 3.05) is 19.6 Å². The van der Waals surface area contributed by atoms with Crippen molar-refractivity contribution in [3.8, 4) is 0 Å². The Labute approximate surface area is 129 Å². The molecule has 1 atom stereocenters. The summed E-state index contributed by atoms with van der Waals surface area (Å²) in [5, 5.41) is 4.46. The van der Waals surface area contributed by atoms with Crippen LogP contribution in [0, 0.1) is 0 Å². The van der Waals surface area contributed by atoms with Crippen LogP contribution in [-0.2, 0) is 11.2 Å². The first kappa shape index (κ1) is 16.6. The first-order valence-corrected chi connectivity index (χ1v) is 6.77. The van der Waals surface area contributed by atoms with Gasteiger partial charge in [0.15, 0.2) is 0 Å². The Hall–Kier alpha value is -0.480. The second-order valence-electron chi connectivity index (χ2n) is 4.61. The Balaban J connectivity index is 0.00000180. The summed E-state index contributed by atoms with van der Waals surface area (Å²) < 4.78 is 0. The maximum atomic E-state index is 12.2. The molecule has 1 amide bonds. The number of carbonyl (C=O) groups is 1. The number of hydrogen-bond acceptors (Lipinski definition) is 2. The van der Waals surface area contributed by atoms with Gasteiger partial charge in [-0.2, -0.15) is 0 Å². The molecule has 6 heteroatoms. The second kappa shape index (κ2) is 7.34. The van der Waals surface area contributed by atoms with E-state index in [2.05, 4.69) is 12.2 Å². The maximum Gasteiger partial charge on any atom is 0.227 e. The van der Waals surface area contributed by atoms with Crippen molar-refractivity contribution in [2.45, 2.75) is 19.4 Å². The van der Waals surface area contributed by atoms with E-state index >= 15 is 0 Å². The Morgan fingerprint density at radius 1 is 1.47 bits per heavy atom. The van der Waals surface area contributed by atoms with E-state index in [0.29, 0.717) is 22.5 Å². The molecule has 3 nitrogen and oxygen atoms in total. The third-order valence-corrected chi connectivity index (χ3v) is 3.67. The van der Waals surface area contributed by atoms with E-state index in [9.17, 15) is 4.79 Å². The average Bonchev–Trinajstić information content (AvgIpc) is 2.32. The molecule has 0 radical (unpaired) electrons. The molecule has 1 aromatic carbocycles. The Morgan fingerprint density at radius 2 is 2.21 bits per heavy atom. The molecule has 0 aromatic heterocycles. The fourth-order valence-corrected chi connectivity index (χ4v) is 2.57. The highest BCUT2D eigenvalue weighted by molar-refractivity contribution is 6.35. The third kappa shape index (κ3) is 4.53. The smallest absolute Gasteiger partial charge is 0.227 e. The van der Waals surface area contributed by atoms with Gasteiger partial charge in [0.2, 0.25) is 5.91 Å². The van der Waals surface area contributed by atoms with E-state index in [1.807, 2.05) is 11.0 Å².